The molecule has 6 nitrogen and oxygen atoms in total. The lowest BCUT2D eigenvalue weighted by molar-refractivity contribution is 0.0724. The quantitative estimate of drug-likeness (QED) is 0.515. The largest absolute Gasteiger partial charge is 0.339 e. The Hall–Kier alpha value is -3.54. The predicted octanol–water partition coefficient (Wildman–Crippen LogP) is 3.77. The molecule has 3 heterocycles. The van der Waals surface area contributed by atoms with Crippen molar-refractivity contribution in [3.8, 4) is 11.3 Å². The van der Waals surface area contributed by atoms with Gasteiger partial charge in [-0.25, -0.2) is 4.98 Å². The number of hydrogen-bond acceptors (Lipinski definition) is 4. The summed E-state index contributed by atoms with van der Waals surface area (Å²) in [4.78, 5) is 36.3. The number of benzene rings is 2. The maximum absolute atomic E-state index is 12.9. The lowest BCUT2D eigenvalue weighted by atomic mass is 10.1. The van der Waals surface area contributed by atoms with E-state index in [1.54, 1.807) is 24.0 Å². The maximum Gasteiger partial charge on any atom is 0.258 e. The molecule has 1 fully saturated rings. The molecule has 2 aromatic heterocycles. The first-order valence-corrected chi connectivity index (χ1v) is 10.3. The smallest absolute Gasteiger partial charge is 0.258 e. The number of hydrogen-bond donors (Lipinski definition) is 0. The molecule has 0 saturated carbocycles. The van der Waals surface area contributed by atoms with E-state index in [-0.39, 0.29) is 11.5 Å². The summed E-state index contributed by atoms with van der Waals surface area (Å²) in [7, 11) is 1.74. The average Bonchev–Trinajstić information content (AvgIpc) is 2.80. The summed E-state index contributed by atoms with van der Waals surface area (Å²) in [6.07, 6.45) is 6.81. The number of nitrogens with zero attached hydrogens (tertiary/aromatic N) is 4. The minimum Gasteiger partial charge on any atom is -0.339 e. The molecule has 0 spiro atoms. The van der Waals surface area contributed by atoms with E-state index in [1.807, 2.05) is 47.4 Å². The van der Waals surface area contributed by atoms with Gasteiger partial charge in [0, 0.05) is 42.8 Å². The monoisotopic (exact) mass is 398 g/mol. The summed E-state index contributed by atoms with van der Waals surface area (Å²) in [5.41, 5.74) is 3.68. The van der Waals surface area contributed by atoms with E-state index in [0.29, 0.717) is 22.2 Å². The number of likely N-dealkylation sites (tertiary alicyclic amines) is 1. The van der Waals surface area contributed by atoms with Gasteiger partial charge in [-0.1, -0.05) is 6.07 Å². The van der Waals surface area contributed by atoms with Crippen LogP contribution in [0.25, 0.3) is 33.1 Å². The summed E-state index contributed by atoms with van der Waals surface area (Å²) in [6.45, 7) is 1.64. The van der Waals surface area contributed by atoms with Crippen molar-refractivity contribution >= 4 is 27.7 Å². The molecular weight excluding hydrogens is 376 g/mol. The zero-order valence-electron chi connectivity index (χ0n) is 16.8. The van der Waals surface area contributed by atoms with Crippen molar-refractivity contribution in [2.75, 3.05) is 13.1 Å². The van der Waals surface area contributed by atoms with Crippen LogP contribution >= 0.6 is 0 Å². The van der Waals surface area contributed by atoms with Crippen molar-refractivity contribution in [2.24, 2.45) is 7.05 Å². The Morgan fingerprint density at radius 1 is 0.967 bits per heavy atom. The number of pyridine rings is 1. The number of piperidine rings is 1. The van der Waals surface area contributed by atoms with Gasteiger partial charge in [0.05, 0.1) is 22.9 Å². The SMILES string of the molecule is Cn1ccc2cc(-c3cnc4ccc(C(=O)N5CCCCC5)cc4n3)ccc2c1=O. The lowest BCUT2D eigenvalue weighted by Crippen LogP contribution is -2.35. The summed E-state index contributed by atoms with van der Waals surface area (Å²) in [6, 6.07) is 13.1. The van der Waals surface area contributed by atoms with E-state index in [1.165, 1.54) is 6.42 Å². The molecule has 0 N–H and O–H groups in total. The van der Waals surface area contributed by atoms with E-state index >= 15 is 0 Å². The second kappa shape index (κ2) is 7.37. The van der Waals surface area contributed by atoms with Gasteiger partial charge < -0.3 is 9.47 Å². The highest BCUT2D eigenvalue weighted by molar-refractivity contribution is 5.97. The van der Waals surface area contributed by atoms with Crippen molar-refractivity contribution in [2.45, 2.75) is 19.3 Å². The molecule has 150 valence electrons. The highest BCUT2D eigenvalue weighted by atomic mass is 16.2. The third-order valence-corrected chi connectivity index (χ3v) is 5.81. The molecule has 0 bridgehead atoms. The number of aromatic nitrogens is 3. The average molecular weight is 398 g/mol. The van der Waals surface area contributed by atoms with E-state index in [4.69, 9.17) is 4.98 Å². The highest BCUT2D eigenvalue weighted by Gasteiger charge is 2.18. The van der Waals surface area contributed by atoms with Crippen molar-refractivity contribution in [1.82, 2.24) is 19.4 Å². The van der Waals surface area contributed by atoms with Crippen LogP contribution < -0.4 is 5.56 Å². The van der Waals surface area contributed by atoms with Gasteiger partial charge in [0.15, 0.2) is 0 Å². The number of carbonyl (C=O) groups excluding carboxylic acids is 1. The van der Waals surface area contributed by atoms with E-state index < -0.39 is 0 Å². The van der Waals surface area contributed by atoms with Gasteiger partial charge in [0.1, 0.15) is 0 Å². The summed E-state index contributed by atoms with van der Waals surface area (Å²) in [5.74, 6) is 0.0605. The van der Waals surface area contributed by atoms with E-state index in [2.05, 4.69) is 4.98 Å². The summed E-state index contributed by atoms with van der Waals surface area (Å²) >= 11 is 0. The second-order valence-corrected chi connectivity index (χ2v) is 7.85. The maximum atomic E-state index is 12.9. The van der Waals surface area contributed by atoms with Crippen LogP contribution in [0.5, 0.6) is 0 Å². The number of fused-ring (bicyclic) bond motifs is 2. The third kappa shape index (κ3) is 3.24. The molecule has 0 aliphatic carbocycles. The highest BCUT2D eigenvalue weighted by Crippen LogP contribution is 2.24. The Balaban J connectivity index is 1.54. The van der Waals surface area contributed by atoms with E-state index in [9.17, 15) is 9.59 Å². The minimum atomic E-state index is -0.0236. The van der Waals surface area contributed by atoms with Crippen LogP contribution in [-0.2, 0) is 7.05 Å². The molecule has 6 heteroatoms. The normalized spacial score (nSPS) is 14.4. The van der Waals surface area contributed by atoms with Crippen molar-refractivity contribution in [3.63, 3.8) is 0 Å². The Bertz CT molecular complexity index is 1340. The van der Waals surface area contributed by atoms with Gasteiger partial charge in [0.2, 0.25) is 0 Å². The summed E-state index contributed by atoms with van der Waals surface area (Å²) in [5, 5.41) is 1.54. The Morgan fingerprint density at radius 3 is 2.63 bits per heavy atom. The first-order valence-electron chi connectivity index (χ1n) is 10.3. The fourth-order valence-electron chi connectivity index (χ4n) is 4.07. The number of carbonyl (C=O) groups is 1. The van der Waals surface area contributed by atoms with Crippen LogP contribution in [0.3, 0.4) is 0 Å². The zero-order chi connectivity index (χ0) is 20.7. The molecule has 4 aromatic rings. The Kier molecular flexibility index (Phi) is 4.54. The number of amides is 1. The molecule has 1 aliphatic rings. The van der Waals surface area contributed by atoms with Gasteiger partial charge in [-0.3, -0.25) is 14.6 Å². The van der Waals surface area contributed by atoms with Crippen LogP contribution in [0, 0.1) is 0 Å². The van der Waals surface area contributed by atoms with Crippen molar-refractivity contribution in [3.05, 3.63) is 70.8 Å². The van der Waals surface area contributed by atoms with Crippen LogP contribution in [0.15, 0.2) is 59.7 Å². The molecule has 2 aromatic carbocycles. The zero-order valence-corrected chi connectivity index (χ0v) is 16.8. The molecule has 0 radical (unpaired) electrons. The predicted molar refractivity (Wildman–Crippen MR) is 117 cm³/mol. The Labute approximate surface area is 173 Å². The second-order valence-electron chi connectivity index (χ2n) is 7.85. The van der Waals surface area contributed by atoms with Crippen LogP contribution in [0.1, 0.15) is 29.6 Å². The van der Waals surface area contributed by atoms with Gasteiger partial charge in [0.25, 0.3) is 11.5 Å². The summed E-state index contributed by atoms with van der Waals surface area (Å²) < 4.78 is 1.57. The van der Waals surface area contributed by atoms with Gasteiger partial charge in [-0.15, -0.1) is 0 Å². The Morgan fingerprint density at radius 2 is 1.80 bits per heavy atom. The number of rotatable bonds is 2. The molecule has 30 heavy (non-hydrogen) atoms. The minimum absolute atomic E-state index is 0.0236. The van der Waals surface area contributed by atoms with Crippen molar-refractivity contribution < 1.29 is 4.79 Å². The topological polar surface area (TPSA) is 68.1 Å². The molecule has 1 amide bonds. The van der Waals surface area contributed by atoms with Crippen LogP contribution in [0.2, 0.25) is 0 Å². The van der Waals surface area contributed by atoms with Gasteiger partial charge >= 0.3 is 0 Å². The number of aryl methyl sites for hydroxylation is 1. The first-order chi connectivity index (χ1) is 14.6. The lowest BCUT2D eigenvalue weighted by Gasteiger charge is -2.26. The third-order valence-electron chi connectivity index (χ3n) is 5.81. The van der Waals surface area contributed by atoms with Gasteiger partial charge in [-0.2, -0.15) is 0 Å². The fraction of sp³-hybridized carbons (Fsp3) is 0.250. The fourth-order valence-corrected chi connectivity index (χ4v) is 4.07. The molecular formula is C24H22N4O2. The van der Waals surface area contributed by atoms with Crippen LogP contribution in [-0.4, -0.2) is 38.4 Å². The molecule has 0 atom stereocenters. The molecule has 5 rings (SSSR count). The van der Waals surface area contributed by atoms with Crippen molar-refractivity contribution in [1.29, 1.82) is 0 Å². The molecule has 0 unspecified atom stereocenters. The molecule has 1 aliphatic heterocycles. The standard InChI is InChI=1S/C24H22N4O2/c1-27-12-9-16-13-17(5-7-19(16)24(27)30)22-15-25-20-8-6-18(14-21(20)26-22)23(29)28-10-3-2-4-11-28/h5-9,12-15H,2-4,10-11H2,1H3. The van der Waals surface area contributed by atoms with Crippen LogP contribution in [0.4, 0.5) is 0 Å². The van der Waals surface area contributed by atoms with Gasteiger partial charge in [-0.05, 0) is 61.0 Å². The molecule has 1 saturated heterocycles. The first kappa shape index (κ1) is 18.5. The van der Waals surface area contributed by atoms with E-state index in [0.717, 1.165) is 42.4 Å².